The summed E-state index contributed by atoms with van der Waals surface area (Å²) in [5.74, 6) is 0.277. The van der Waals surface area contributed by atoms with Gasteiger partial charge in [-0.2, -0.15) is 0 Å². The van der Waals surface area contributed by atoms with E-state index in [2.05, 4.69) is 9.97 Å². The molecule has 0 atom stereocenters. The Morgan fingerprint density at radius 2 is 2.45 bits per heavy atom. The van der Waals surface area contributed by atoms with Crippen molar-refractivity contribution in [3.8, 4) is 0 Å². The van der Waals surface area contributed by atoms with Crippen LogP contribution in [0.2, 0.25) is 0 Å². The summed E-state index contributed by atoms with van der Waals surface area (Å²) in [4.78, 5) is 16.3. The van der Waals surface area contributed by atoms with Crippen LogP contribution in [-0.2, 0) is 6.42 Å². The van der Waals surface area contributed by atoms with Crippen LogP contribution in [0.3, 0.4) is 0 Å². The average molecular weight is 155 g/mol. The maximum Gasteiger partial charge on any atom is 0.346 e. The predicted molar refractivity (Wildman–Crippen MR) is 40.1 cm³/mol. The van der Waals surface area contributed by atoms with Gasteiger partial charge in [-0.15, -0.1) is 0 Å². The van der Waals surface area contributed by atoms with E-state index in [1.54, 1.807) is 0 Å². The highest BCUT2D eigenvalue weighted by Crippen LogP contribution is 2.02. The van der Waals surface area contributed by atoms with E-state index in [0.717, 1.165) is 0 Å². The number of aromatic nitrogens is 2. The molecule has 1 aromatic rings. The second-order valence-corrected chi connectivity index (χ2v) is 2.10. The molecule has 1 rings (SSSR count). The number of H-pyrrole nitrogens is 1. The molecule has 0 amide bonds. The molecular weight excluding hydrogens is 146 g/mol. The van der Waals surface area contributed by atoms with Crippen LogP contribution in [0.1, 0.15) is 5.56 Å². The van der Waals surface area contributed by atoms with Gasteiger partial charge in [-0.1, -0.05) is 0 Å². The molecule has 0 aromatic carbocycles. The number of hydrogen-bond donors (Lipinski definition) is 3. The number of rotatable bonds is 2. The van der Waals surface area contributed by atoms with Crippen molar-refractivity contribution in [3.63, 3.8) is 0 Å². The Hall–Kier alpha value is -1.36. The van der Waals surface area contributed by atoms with Crippen LogP contribution >= 0.6 is 0 Å². The summed E-state index contributed by atoms with van der Waals surface area (Å²) in [5, 5.41) is 8.54. The SMILES string of the molecule is Nc1[nH]c(=O)ncc1CCO. The standard InChI is InChI=1S/C6H9N3O2/c7-5-4(1-2-10)3-8-6(11)9-5/h3,10H,1-2H2,(H3,7,8,9,11). The van der Waals surface area contributed by atoms with Gasteiger partial charge in [0, 0.05) is 24.8 Å². The van der Waals surface area contributed by atoms with Crippen LogP contribution in [0.5, 0.6) is 0 Å². The number of anilines is 1. The smallest absolute Gasteiger partial charge is 0.346 e. The van der Waals surface area contributed by atoms with E-state index in [9.17, 15) is 4.79 Å². The van der Waals surface area contributed by atoms with Crippen LogP contribution in [0.15, 0.2) is 11.0 Å². The molecule has 5 nitrogen and oxygen atoms in total. The lowest BCUT2D eigenvalue weighted by molar-refractivity contribution is 0.299. The number of hydrogen-bond acceptors (Lipinski definition) is 4. The molecular formula is C6H9N3O2. The van der Waals surface area contributed by atoms with E-state index >= 15 is 0 Å². The molecule has 0 aliphatic carbocycles. The summed E-state index contributed by atoms with van der Waals surface area (Å²) in [7, 11) is 0. The summed E-state index contributed by atoms with van der Waals surface area (Å²) >= 11 is 0. The summed E-state index contributed by atoms with van der Waals surface area (Å²) in [5.41, 5.74) is 5.59. The first-order chi connectivity index (χ1) is 5.24. The number of nitrogen functional groups attached to an aromatic ring is 1. The third kappa shape index (κ3) is 1.78. The van der Waals surface area contributed by atoms with Crippen LogP contribution in [0.25, 0.3) is 0 Å². The molecule has 0 radical (unpaired) electrons. The Kier molecular flexibility index (Phi) is 2.22. The van der Waals surface area contributed by atoms with Gasteiger partial charge >= 0.3 is 5.69 Å². The number of aliphatic hydroxyl groups is 1. The first kappa shape index (κ1) is 7.74. The van der Waals surface area contributed by atoms with E-state index < -0.39 is 5.69 Å². The number of nitrogens with zero attached hydrogens (tertiary/aromatic N) is 1. The Morgan fingerprint density at radius 3 is 3.00 bits per heavy atom. The van der Waals surface area contributed by atoms with Crippen LogP contribution in [0.4, 0.5) is 5.82 Å². The summed E-state index contributed by atoms with van der Waals surface area (Å²) in [6.45, 7) is -0.00206. The van der Waals surface area contributed by atoms with E-state index in [4.69, 9.17) is 10.8 Å². The molecule has 0 spiro atoms. The fraction of sp³-hybridized carbons (Fsp3) is 0.333. The van der Waals surface area contributed by atoms with Gasteiger partial charge in [0.15, 0.2) is 0 Å². The molecule has 4 N–H and O–H groups in total. The molecule has 1 heterocycles. The van der Waals surface area contributed by atoms with Crippen molar-refractivity contribution in [3.05, 3.63) is 22.2 Å². The van der Waals surface area contributed by atoms with Crippen molar-refractivity contribution in [1.82, 2.24) is 9.97 Å². The highest BCUT2D eigenvalue weighted by molar-refractivity contribution is 5.36. The molecule has 11 heavy (non-hydrogen) atoms. The van der Waals surface area contributed by atoms with Crippen LogP contribution in [-0.4, -0.2) is 21.7 Å². The van der Waals surface area contributed by atoms with Gasteiger partial charge in [0.05, 0.1) is 0 Å². The van der Waals surface area contributed by atoms with Crippen LogP contribution in [0, 0.1) is 0 Å². The van der Waals surface area contributed by atoms with E-state index in [1.165, 1.54) is 6.20 Å². The lowest BCUT2D eigenvalue weighted by Gasteiger charge is -1.99. The molecule has 0 aliphatic heterocycles. The second kappa shape index (κ2) is 3.16. The topological polar surface area (TPSA) is 92.0 Å². The monoisotopic (exact) mass is 155 g/mol. The highest BCUT2D eigenvalue weighted by atomic mass is 16.3. The molecule has 0 unspecified atom stereocenters. The van der Waals surface area contributed by atoms with Gasteiger partial charge in [-0.3, -0.25) is 4.98 Å². The summed E-state index contributed by atoms with van der Waals surface area (Å²) < 4.78 is 0. The quantitative estimate of drug-likeness (QED) is 0.504. The maximum atomic E-state index is 10.5. The van der Waals surface area contributed by atoms with Crippen molar-refractivity contribution in [2.24, 2.45) is 0 Å². The zero-order valence-electron chi connectivity index (χ0n) is 5.87. The molecule has 0 aliphatic rings. The molecule has 0 saturated heterocycles. The van der Waals surface area contributed by atoms with E-state index in [-0.39, 0.29) is 12.4 Å². The van der Waals surface area contributed by atoms with Gasteiger partial charge in [-0.25, -0.2) is 9.78 Å². The largest absolute Gasteiger partial charge is 0.396 e. The summed E-state index contributed by atoms with van der Waals surface area (Å²) in [6, 6.07) is 0. The van der Waals surface area contributed by atoms with Gasteiger partial charge < -0.3 is 10.8 Å². The zero-order chi connectivity index (χ0) is 8.27. The fourth-order valence-corrected chi connectivity index (χ4v) is 0.754. The minimum absolute atomic E-state index is 0.00206. The minimum Gasteiger partial charge on any atom is -0.396 e. The predicted octanol–water partition coefficient (Wildman–Crippen LogP) is -1.11. The third-order valence-electron chi connectivity index (χ3n) is 1.31. The Bertz CT molecular complexity index is 294. The van der Waals surface area contributed by atoms with Crippen molar-refractivity contribution < 1.29 is 5.11 Å². The molecule has 0 bridgehead atoms. The number of aromatic amines is 1. The third-order valence-corrected chi connectivity index (χ3v) is 1.31. The van der Waals surface area contributed by atoms with Crippen molar-refractivity contribution in [2.75, 3.05) is 12.3 Å². The fourth-order valence-electron chi connectivity index (χ4n) is 0.754. The molecule has 0 saturated carbocycles. The molecule has 60 valence electrons. The van der Waals surface area contributed by atoms with Crippen molar-refractivity contribution >= 4 is 5.82 Å². The van der Waals surface area contributed by atoms with Crippen molar-refractivity contribution in [1.29, 1.82) is 0 Å². The number of aliphatic hydroxyl groups excluding tert-OH is 1. The molecule has 0 fully saturated rings. The highest BCUT2D eigenvalue weighted by Gasteiger charge is 1.98. The Morgan fingerprint density at radius 1 is 1.73 bits per heavy atom. The first-order valence-electron chi connectivity index (χ1n) is 3.18. The number of nitrogens with one attached hydrogen (secondary N) is 1. The van der Waals surface area contributed by atoms with Gasteiger partial charge in [0.1, 0.15) is 5.82 Å². The molecule has 1 aromatic heterocycles. The zero-order valence-corrected chi connectivity index (χ0v) is 5.87. The van der Waals surface area contributed by atoms with Gasteiger partial charge in [0.2, 0.25) is 0 Å². The Labute approximate surface area is 62.9 Å². The van der Waals surface area contributed by atoms with Crippen molar-refractivity contribution in [2.45, 2.75) is 6.42 Å². The average Bonchev–Trinajstić information content (AvgIpc) is 1.95. The second-order valence-electron chi connectivity index (χ2n) is 2.10. The van der Waals surface area contributed by atoms with E-state index in [0.29, 0.717) is 12.0 Å². The Balaban J connectivity index is 2.99. The minimum atomic E-state index is -0.468. The normalized spacial score (nSPS) is 9.91. The van der Waals surface area contributed by atoms with Crippen LogP contribution < -0.4 is 11.4 Å². The van der Waals surface area contributed by atoms with E-state index in [1.807, 2.05) is 0 Å². The lowest BCUT2D eigenvalue weighted by atomic mass is 10.2. The maximum absolute atomic E-state index is 10.5. The van der Waals surface area contributed by atoms with Gasteiger partial charge in [-0.05, 0) is 0 Å². The lowest BCUT2D eigenvalue weighted by Crippen LogP contribution is -2.14. The molecule has 5 heteroatoms. The van der Waals surface area contributed by atoms with Gasteiger partial charge in [0.25, 0.3) is 0 Å². The number of nitrogens with two attached hydrogens (primary N) is 1. The first-order valence-corrected chi connectivity index (χ1v) is 3.18. The summed E-state index contributed by atoms with van der Waals surface area (Å²) in [6.07, 6.45) is 1.78.